The van der Waals surface area contributed by atoms with Gasteiger partial charge in [0.1, 0.15) is 11.5 Å². The molecular formula is C15H21NO6. The number of nitrogens with one attached hydrogen (secondary N) is 1. The molecule has 1 aromatic rings. The van der Waals surface area contributed by atoms with E-state index in [1.165, 1.54) is 7.11 Å². The molecular weight excluding hydrogens is 290 g/mol. The smallest absolute Gasteiger partial charge is 0.328 e. The molecule has 0 bridgehead atoms. The molecule has 1 rings (SSSR count). The Bertz CT molecular complexity index is 495. The summed E-state index contributed by atoms with van der Waals surface area (Å²) in [6.45, 7) is -0.0753. The Balaban J connectivity index is 2.61. The van der Waals surface area contributed by atoms with Crippen molar-refractivity contribution in [3.63, 3.8) is 0 Å². The summed E-state index contributed by atoms with van der Waals surface area (Å²) in [6.07, 6.45) is 0.600. The molecule has 0 aliphatic carbocycles. The van der Waals surface area contributed by atoms with Crippen LogP contribution < -0.4 is 14.8 Å². The fourth-order valence-corrected chi connectivity index (χ4v) is 1.88. The largest absolute Gasteiger partial charge is 0.497 e. The topological polar surface area (TPSA) is 94.1 Å². The van der Waals surface area contributed by atoms with Gasteiger partial charge in [-0.1, -0.05) is 0 Å². The van der Waals surface area contributed by atoms with Gasteiger partial charge in [0.05, 0.1) is 20.8 Å². The van der Waals surface area contributed by atoms with E-state index >= 15 is 0 Å². The predicted molar refractivity (Wildman–Crippen MR) is 79.3 cm³/mol. The van der Waals surface area contributed by atoms with Crippen molar-refractivity contribution in [1.82, 2.24) is 5.32 Å². The number of carbonyl (C=O) groups excluding carboxylic acids is 1. The van der Waals surface area contributed by atoms with Crippen molar-refractivity contribution < 1.29 is 28.9 Å². The number of benzene rings is 1. The third-order valence-corrected chi connectivity index (χ3v) is 3.02. The monoisotopic (exact) mass is 311 g/mol. The summed E-state index contributed by atoms with van der Waals surface area (Å²) in [5.41, 5.74) is 0.866. The molecule has 0 spiro atoms. The molecule has 2 N–H and O–H groups in total. The van der Waals surface area contributed by atoms with E-state index in [4.69, 9.17) is 19.3 Å². The van der Waals surface area contributed by atoms with Gasteiger partial charge in [0.2, 0.25) is 5.91 Å². The van der Waals surface area contributed by atoms with Crippen molar-refractivity contribution >= 4 is 11.9 Å². The molecule has 0 fully saturated rings. The lowest BCUT2D eigenvalue weighted by atomic mass is 10.1. The highest BCUT2D eigenvalue weighted by Gasteiger charge is 2.19. The van der Waals surface area contributed by atoms with Gasteiger partial charge in [-0.05, 0) is 24.1 Å². The van der Waals surface area contributed by atoms with Crippen molar-refractivity contribution in [3.8, 4) is 11.5 Å². The number of hydrogen-bond acceptors (Lipinski definition) is 5. The van der Waals surface area contributed by atoms with E-state index in [9.17, 15) is 9.59 Å². The van der Waals surface area contributed by atoms with Crippen molar-refractivity contribution in [2.75, 3.05) is 27.9 Å². The summed E-state index contributed by atoms with van der Waals surface area (Å²) in [4.78, 5) is 22.8. The molecule has 0 heterocycles. The van der Waals surface area contributed by atoms with E-state index in [1.807, 2.05) is 0 Å². The number of aryl methyl sites for hydroxylation is 1. The lowest BCUT2D eigenvalue weighted by molar-refractivity contribution is -0.143. The number of carboxylic acid groups (broad SMARTS) is 1. The van der Waals surface area contributed by atoms with E-state index in [0.717, 1.165) is 5.56 Å². The minimum Gasteiger partial charge on any atom is -0.497 e. The molecule has 1 atom stereocenters. The van der Waals surface area contributed by atoms with Gasteiger partial charge >= 0.3 is 5.97 Å². The van der Waals surface area contributed by atoms with Gasteiger partial charge in [-0.25, -0.2) is 4.79 Å². The summed E-state index contributed by atoms with van der Waals surface area (Å²) >= 11 is 0. The fraction of sp³-hybridized carbons (Fsp3) is 0.467. The fourth-order valence-electron chi connectivity index (χ4n) is 1.88. The van der Waals surface area contributed by atoms with E-state index in [2.05, 4.69) is 5.32 Å². The highest BCUT2D eigenvalue weighted by molar-refractivity contribution is 5.83. The molecule has 7 nitrogen and oxygen atoms in total. The Labute approximate surface area is 129 Å². The number of methoxy groups -OCH3 is 3. The molecule has 0 aliphatic heterocycles. The number of carboxylic acids is 1. The standard InChI is InChI=1S/C15H21NO6/c1-20-9-13(15(18)19)16-14(17)5-4-10-6-11(21-2)8-12(7-10)22-3/h6-8,13H,4-5,9H2,1-3H3,(H,16,17)(H,18,19). The Kier molecular flexibility index (Phi) is 7.18. The van der Waals surface area contributed by atoms with E-state index < -0.39 is 12.0 Å². The van der Waals surface area contributed by atoms with Gasteiger partial charge in [-0.3, -0.25) is 4.79 Å². The van der Waals surface area contributed by atoms with E-state index in [1.54, 1.807) is 32.4 Å². The van der Waals surface area contributed by atoms with Crippen LogP contribution in [0.15, 0.2) is 18.2 Å². The first kappa shape index (κ1) is 17.8. The molecule has 22 heavy (non-hydrogen) atoms. The van der Waals surface area contributed by atoms with Gasteiger partial charge in [0.25, 0.3) is 0 Å². The van der Waals surface area contributed by atoms with Crippen LogP contribution in [0.4, 0.5) is 0 Å². The Hall–Kier alpha value is -2.28. The first-order chi connectivity index (χ1) is 10.5. The Morgan fingerprint density at radius 3 is 2.18 bits per heavy atom. The minimum atomic E-state index is -1.13. The lowest BCUT2D eigenvalue weighted by Gasteiger charge is -2.13. The van der Waals surface area contributed by atoms with Crippen molar-refractivity contribution in [3.05, 3.63) is 23.8 Å². The van der Waals surface area contributed by atoms with Crippen molar-refractivity contribution in [1.29, 1.82) is 0 Å². The molecule has 0 aliphatic rings. The summed E-state index contributed by atoms with van der Waals surface area (Å²) in [5, 5.41) is 11.4. The SMILES string of the molecule is COCC(NC(=O)CCc1cc(OC)cc(OC)c1)C(=O)O. The zero-order chi connectivity index (χ0) is 16.5. The summed E-state index contributed by atoms with van der Waals surface area (Å²) < 4.78 is 15.1. The summed E-state index contributed by atoms with van der Waals surface area (Å²) in [7, 11) is 4.48. The van der Waals surface area contributed by atoms with Crippen LogP contribution in [0, 0.1) is 0 Å². The first-order valence-corrected chi connectivity index (χ1v) is 6.73. The number of amides is 1. The Morgan fingerprint density at radius 1 is 1.14 bits per heavy atom. The lowest BCUT2D eigenvalue weighted by Crippen LogP contribution is -2.43. The molecule has 1 amide bonds. The second kappa shape index (κ2) is 8.89. The maximum Gasteiger partial charge on any atom is 0.328 e. The Morgan fingerprint density at radius 2 is 1.73 bits per heavy atom. The van der Waals surface area contributed by atoms with E-state index in [-0.39, 0.29) is 18.9 Å². The van der Waals surface area contributed by atoms with Crippen LogP contribution in [0.25, 0.3) is 0 Å². The maximum atomic E-state index is 11.8. The van der Waals surface area contributed by atoms with Gasteiger partial charge < -0.3 is 24.6 Å². The average Bonchev–Trinajstić information content (AvgIpc) is 2.51. The van der Waals surface area contributed by atoms with Crippen molar-refractivity contribution in [2.45, 2.75) is 18.9 Å². The number of carbonyl (C=O) groups is 2. The number of aliphatic carboxylic acids is 1. The van der Waals surface area contributed by atoms with Crippen LogP contribution in [0.2, 0.25) is 0 Å². The highest BCUT2D eigenvalue weighted by atomic mass is 16.5. The van der Waals surface area contributed by atoms with Crippen LogP contribution >= 0.6 is 0 Å². The van der Waals surface area contributed by atoms with Crippen LogP contribution in [0.5, 0.6) is 11.5 Å². The number of hydrogen-bond donors (Lipinski definition) is 2. The molecule has 1 aromatic carbocycles. The summed E-state index contributed by atoms with van der Waals surface area (Å²) in [6, 6.07) is 4.30. The van der Waals surface area contributed by atoms with Gasteiger partial charge in [-0.2, -0.15) is 0 Å². The van der Waals surface area contributed by atoms with Crippen LogP contribution in [0.1, 0.15) is 12.0 Å². The molecule has 1 unspecified atom stereocenters. The van der Waals surface area contributed by atoms with E-state index in [0.29, 0.717) is 17.9 Å². The number of ether oxygens (including phenoxy) is 3. The minimum absolute atomic E-state index is 0.0753. The highest BCUT2D eigenvalue weighted by Crippen LogP contribution is 2.23. The van der Waals surface area contributed by atoms with Gasteiger partial charge in [0, 0.05) is 19.6 Å². The molecule has 0 radical (unpaired) electrons. The molecule has 0 saturated carbocycles. The average molecular weight is 311 g/mol. The first-order valence-electron chi connectivity index (χ1n) is 6.73. The van der Waals surface area contributed by atoms with Crippen molar-refractivity contribution in [2.24, 2.45) is 0 Å². The molecule has 122 valence electrons. The summed E-state index contributed by atoms with van der Waals surface area (Å²) in [5.74, 6) is -0.209. The molecule has 0 aromatic heterocycles. The second-order valence-corrected chi connectivity index (χ2v) is 4.63. The second-order valence-electron chi connectivity index (χ2n) is 4.63. The molecule has 7 heteroatoms. The number of rotatable bonds is 9. The zero-order valence-corrected chi connectivity index (χ0v) is 12.9. The van der Waals surface area contributed by atoms with Crippen LogP contribution in [-0.4, -0.2) is 51.0 Å². The molecule has 0 saturated heterocycles. The van der Waals surface area contributed by atoms with Gasteiger partial charge in [0.15, 0.2) is 6.04 Å². The normalized spacial score (nSPS) is 11.6. The third kappa shape index (κ3) is 5.61. The van der Waals surface area contributed by atoms with Crippen LogP contribution in [-0.2, 0) is 20.7 Å². The van der Waals surface area contributed by atoms with Crippen LogP contribution in [0.3, 0.4) is 0 Å². The zero-order valence-electron chi connectivity index (χ0n) is 12.9. The maximum absolute atomic E-state index is 11.8. The quantitative estimate of drug-likeness (QED) is 0.702. The third-order valence-electron chi connectivity index (χ3n) is 3.02. The predicted octanol–water partition coefficient (Wildman–Crippen LogP) is 0.852. The van der Waals surface area contributed by atoms with Gasteiger partial charge in [-0.15, -0.1) is 0 Å².